The molecule has 2 aliphatic rings. The average Bonchev–Trinajstić information content (AvgIpc) is 2.76. The maximum Gasteiger partial charge on any atom is 0.106 e. The smallest absolute Gasteiger partial charge is 0.106 e. The summed E-state index contributed by atoms with van der Waals surface area (Å²) in [5.74, 6) is 0. The van der Waals surface area contributed by atoms with Crippen LogP contribution in [0.1, 0.15) is 30.4 Å². The first kappa shape index (κ1) is 11.1. The Morgan fingerprint density at radius 2 is 2.29 bits per heavy atom. The van der Waals surface area contributed by atoms with Crippen LogP contribution in [-0.4, -0.2) is 19.3 Å². The minimum Gasteiger partial charge on any atom is -0.295 e. The van der Waals surface area contributed by atoms with E-state index in [0.717, 1.165) is 26.0 Å². The fraction of sp³-hybridized carbons (Fsp3) is 0.571. The van der Waals surface area contributed by atoms with Crippen LogP contribution >= 0.6 is 0 Å². The van der Waals surface area contributed by atoms with Crippen LogP contribution in [0.3, 0.4) is 0 Å². The van der Waals surface area contributed by atoms with Gasteiger partial charge in [-0.1, -0.05) is 18.2 Å². The standard InChI is InChI=1S/C14H20N2O/c1-11-5-2-6-12-7-4-10-17-16(14(11)12)13-8-3-9-15-13/h2,5-6,13,15H,3-4,7-10H2,1H3. The molecule has 3 nitrogen and oxygen atoms in total. The number of hydrogen-bond acceptors (Lipinski definition) is 3. The minimum atomic E-state index is 0.355. The summed E-state index contributed by atoms with van der Waals surface area (Å²) in [7, 11) is 0. The molecular formula is C14H20N2O. The Hall–Kier alpha value is -1.06. The van der Waals surface area contributed by atoms with Crippen molar-refractivity contribution in [1.29, 1.82) is 0 Å². The SMILES string of the molecule is Cc1cccc2c1N(C1CCCN1)OCCC2. The molecule has 17 heavy (non-hydrogen) atoms. The molecule has 1 saturated heterocycles. The van der Waals surface area contributed by atoms with Gasteiger partial charge in [0, 0.05) is 0 Å². The number of para-hydroxylation sites is 1. The molecule has 0 aromatic heterocycles. The highest BCUT2D eigenvalue weighted by Crippen LogP contribution is 2.31. The lowest BCUT2D eigenvalue weighted by Crippen LogP contribution is -2.42. The highest BCUT2D eigenvalue weighted by molar-refractivity contribution is 5.58. The third kappa shape index (κ3) is 2.05. The minimum absolute atomic E-state index is 0.355. The zero-order valence-electron chi connectivity index (χ0n) is 10.4. The Bertz CT molecular complexity index is 399. The number of nitrogens with one attached hydrogen (secondary N) is 1. The molecule has 3 heteroatoms. The predicted molar refractivity (Wildman–Crippen MR) is 69.0 cm³/mol. The van der Waals surface area contributed by atoms with Crippen molar-refractivity contribution >= 4 is 5.69 Å². The van der Waals surface area contributed by atoms with Crippen LogP contribution in [0.15, 0.2) is 18.2 Å². The Kier molecular flexibility index (Phi) is 3.04. The molecule has 0 saturated carbocycles. The van der Waals surface area contributed by atoms with Crippen LogP contribution in [0.5, 0.6) is 0 Å². The molecule has 1 aromatic rings. The predicted octanol–water partition coefficient (Wildman–Crippen LogP) is 2.39. The van der Waals surface area contributed by atoms with Crippen LogP contribution in [0.25, 0.3) is 0 Å². The van der Waals surface area contributed by atoms with Gasteiger partial charge in [0.25, 0.3) is 0 Å². The summed E-state index contributed by atoms with van der Waals surface area (Å²) in [6.07, 6.45) is 5.01. The van der Waals surface area contributed by atoms with Crippen LogP contribution in [0.2, 0.25) is 0 Å². The molecule has 1 aromatic carbocycles. The first-order valence-corrected chi connectivity index (χ1v) is 6.60. The number of anilines is 1. The van der Waals surface area contributed by atoms with Crippen LogP contribution in [0.4, 0.5) is 5.69 Å². The van der Waals surface area contributed by atoms with E-state index in [1.54, 1.807) is 0 Å². The molecule has 0 bridgehead atoms. The van der Waals surface area contributed by atoms with E-state index in [4.69, 9.17) is 4.84 Å². The number of nitrogens with zero attached hydrogens (tertiary/aromatic N) is 1. The van der Waals surface area contributed by atoms with Gasteiger partial charge in [0.2, 0.25) is 0 Å². The van der Waals surface area contributed by atoms with E-state index >= 15 is 0 Å². The van der Waals surface area contributed by atoms with Crippen LogP contribution in [-0.2, 0) is 11.3 Å². The van der Waals surface area contributed by atoms with Gasteiger partial charge in [-0.15, -0.1) is 0 Å². The average molecular weight is 232 g/mol. The van der Waals surface area contributed by atoms with Gasteiger partial charge in [-0.3, -0.25) is 10.2 Å². The van der Waals surface area contributed by atoms with E-state index in [0.29, 0.717) is 6.17 Å². The van der Waals surface area contributed by atoms with Gasteiger partial charge in [-0.05, 0) is 50.3 Å². The van der Waals surface area contributed by atoms with Gasteiger partial charge in [0.05, 0.1) is 12.3 Å². The fourth-order valence-corrected chi connectivity index (χ4v) is 2.84. The van der Waals surface area contributed by atoms with Crippen LogP contribution in [0, 0.1) is 6.92 Å². The lowest BCUT2D eigenvalue weighted by Gasteiger charge is -2.31. The zero-order chi connectivity index (χ0) is 11.7. The second-order valence-corrected chi connectivity index (χ2v) is 4.96. The Labute approximate surface area is 103 Å². The van der Waals surface area contributed by atoms with E-state index in [1.165, 1.54) is 29.7 Å². The molecule has 1 N–H and O–H groups in total. The largest absolute Gasteiger partial charge is 0.295 e. The number of aryl methyl sites for hydroxylation is 2. The van der Waals surface area contributed by atoms with Crippen molar-refractivity contribution in [2.45, 2.75) is 38.8 Å². The second kappa shape index (κ2) is 4.67. The van der Waals surface area contributed by atoms with E-state index in [1.807, 2.05) is 0 Å². The molecule has 1 unspecified atom stereocenters. The van der Waals surface area contributed by atoms with E-state index in [-0.39, 0.29) is 0 Å². The van der Waals surface area contributed by atoms with Crippen molar-refractivity contribution in [3.8, 4) is 0 Å². The van der Waals surface area contributed by atoms with E-state index in [2.05, 4.69) is 35.5 Å². The highest BCUT2D eigenvalue weighted by Gasteiger charge is 2.27. The molecule has 92 valence electrons. The van der Waals surface area contributed by atoms with Gasteiger partial charge < -0.3 is 0 Å². The summed E-state index contributed by atoms with van der Waals surface area (Å²) in [6.45, 7) is 4.10. The van der Waals surface area contributed by atoms with Gasteiger partial charge in [0.1, 0.15) is 6.17 Å². The molecule has 0 amide bonds. The van der Waals surface area contributed by atoms with Crippen LogP contribution < -0.4 is 10.4 Å². The molecular weight excluding hydrogens is 212 g/mol. The highest BCUT2D eigenvalue weighted by atomic mass is 16.7. The molecule has 3 rings (SSSR count). The van der Waals surface area contributed by atoms with E-state index < -0.39 is 0 Å². The van der Waals surface area contributed by atoms with Crippen molar-refractivity contribution in [3.05, 3.63) is 29.3 Å². The summed E-state index contributed by atoms with van der Waals surface area (Å²) in [5.41, 5.74) is 4.04. The Morgan fingerprint density at radius 1 is 1.35 bits per heavy atom. The summed E-state index contributed by atoms with van der Waals surface area (Å²) in [4.78, 5) is 5.96. The van der Waals surface area contributed by atoms with Crippen molar-refractivity contribution < 1.29 is 4.84 Å². The maximum atomic E-state index is 5.96. The van der Waals surface area contributed by atoms with Gasteiger partial charge in [0.15, 0.2) is 0 Å². The molecule has 0 spiro atoms. The Morgan fingerprint density at radius 3 is 3.12 bits per heavy atom. The number of rotatable bonds is 1. The molecule has 2 heterocycles. The zero-order valence-corrected chi connectivity index (χ0v) is 10.4. The topological polar surface area (TPSA) is 24.5 Å². The lowest BCUT2D eigenvalue weighted by atomic mass is 10.0. The van der Waals surface area contributed by atoms with Crippen molar-refractivity contribution in [2.24, 2.45) is 0 Å². The van der Waals surface area contributed by atoms with Gasteiger partial charge >= 0.3 is 0 Å². The summed E-state index contributed by atoms with van der Waals surface area (Å²) in [6, 6.07) is 6.56. The fourth-order valence-electron chi connectivity index (χ4n) is 2.84. The molecule has 2 aliphatic heterocycles. The Balaban J connectivity index is 1.99. The monoisotopic (exact) mass is 232 g/mol. The van der Waals surface area contributed by atoms with Gasteiger partial charge in [-0.25, -0.2) is 5.06 Å². The number of hydroxylamine groups is 1. The molecule has 1 fully saturated rings. The third-order valence-electron chi connectivity index (χ3n) is 3.68. The first-order valence-electron chi connectivity index (χ1n) is 6.60. The van der Waals surface area contributed by atoms with Gasteiger partial charge in [-0.2, -0.15) is 0 Å². The molecule has 1 atom stereocenters. The first-order chi connectivity index (χ1) is 8.36. The third-order valence-corrected chi connectivity index (χ3v) is 3.68. The number of benzene rings is 1. The molecule has 0 radical (unpaired) electrons. The summed E-state index contributed by atoms with van der Waals surface area (Å²) >= 11 is 0. The summed E-state index contributed by atoms with van der Waals surface area (Å²) < 4.78 is 0. The van der Waals surface area contributed by atoms with Crippen molar-refractivity contribution in [3.63, 3.8) is 0 Å². The maximum absolute atomic E-state index is 5.96. The lowest BCUT2D eigenvalue weighted by molar-refractivity contribution is 0.0849. The summed E-state index contributed by atoms with van der Waals surface area (Å²) in [5, 5.41) is 5.65. The van der Waals surface area contributed by atoms with Crippen molar-refractivity contribution in [2.75, 3.05) is 18.2 Å². The van der Waals surface area contributed by atoms with E-state index in [9.17, 15) is 0 Å². The number of hydrogen-bond donors (Lipinski definition) is 1. The second-order valence-electron chi connectivity index (χ2n) is 4.96. The quantitative estimate of drug-likeness (QED) is 0.804. The number of fused-ring (bicyclic) bond motifs is 1. The van der Waals surface area contributed by atoms with Crippen molar-refractivity contribution in [1.82, 2.24) is 5.32 Å². The molecule has 0 aliphatic carbocycles. The normalized spacial score (nSPS) is 24.5.